The van der Waals surface area contributed by atoms with E-state index in [9.17, 15) is 0 Å². The fraction of sp³-hybridized carbons (Fsp3) is 0.800. The number of aryl methyl sites for hydroxylation is 1. The normalized spacial score (nSPS) is 22.0. The van der Waals surface area contributed by atoms with Gasteiger partial charge in [0.15, 0.2) is 5.96 Å². The van der Waals surface area contributed by atoms with E-state index in [1.165, 1.54) is 58.3 Å². The first kappa shape index (κ1) is 20.6. The third kappa shape index (κ3) is 5.21. The van der Waals surface area contributed by atoms with Gasteiger partial charge in [-0.3, -0.25) is 9.89 Å². The summed E-state index contributed by atoms with van der Waals surface area (Å²) in [7, 11) is 6.23. The van der Waals surface area contributed by atoms with Crippen molar-refractivity contribution >= 4 is 17.3 Å². The Bertz CT molecular complexity index is 614. The van der Waals surface area contributed by atoms with Crippen molar-refractivity contribution < 1.29 is 0 Å². The molecule has 2 fully saturated rings. The topological polar surface area (TPSA) is 47.0 Å². The smallest absolute Gasteiger partial charge is 0.193 e. The second-order valence-corrected chi connectivity index (χ2v) is 9.25. The second-order valence-electron chi connectivity index (χ2n) is 8.19. The number of piperidine rings is 2. The molecule has 2 saturated heterocycles. The van der Waals surface area contributed by atoms with Crippen LogP contribution in [0.5, 0.6) is 0 Å². The maximum absolute atomic E-state index is 4.59. The van der Waals surface area contributed by atoms with Gasteiger partial charge >= 0.3 is 0 Å². The molecule has 1 aromatic heterocycles. The molecule has 0 aliphatic carbocycles. The lowest BCUT2D eigenvalue weighted by atomic mass is 9.84. The molecule has 0 bridgehead atoms. The quantitative estimate of drug-likeness (QED) is 0.616. The van der Waals surface area contributed by atoms with E-state index >= 15 is 0 Å². The summed E-state index contributed by atoms with van der Waals surface area (Å²) in [5, 5.41) is 6.98. The number of aromatic nitrogens is 1. The van der Waals surface area contributed by atoms with Crippen molar-refractivity contribution in [2.45, 2.75) is 51.1 Å². The summed E-state index contributed by atoms with van der Waals surface area (Å²) in [5.74, 6) is 0.968. The molecule has 0 aromatic carbocycles. The number of nitrogens with one attached hydrogen (secondary N) is 1. The Hall–Kier alpha value is -1.18. The molecule has 27 heavy (non-hydrogen) atoms. The zero-order valence-electron chi connectivity index (χ0n) is 17.5. The summed E-state index contributed by atoms with van der Waals surface area (Å²) in [6.07, 6.45) is 6.55. The van der Waals surface area contributed by atoms with Gasteiger partial charge in [-0.2, -0.15) is 0 Å². The van der Waals surface area contributed by atoms with Crippen molar-refractivity contribution in [2.24, 2.45) is 4.99 Å². The van der Waals surface area contributed by atoms with Crippen LogP contribution in [0.15, 0.2) is 10.4 Å². The minimum absolute atomic E-state index is 0.265. The van der Waals surface area contributed by atoms with Crippen LogP contribution in [0.1, 0.15) is 42.8 Å². The largest absolute Gasteiger partial charge is 0.354 e. The van der Waals surface area contributed by atoms with Crippen molar-refractivity contribution in [1.82, 2.24) is 25.0 Å². The molecule has 0 saturated carbocycles. The van der Waals surface area contributed by atoms with Crippen LogP contribution in [0.25, 0.3) is 0 Å². The Balaban J connectivity index is 1.64. The summed E-state index contributed by atoms with van der Waals surface area (Å²) in [4.78, 5) is 16.6. The first-order valence-corrected chi connectivity index (χ1v) is 11.2. The first-order chi connectivity index (χ1) is 13.0. The van der Waals surface area contributed by atoms with E-state index in [4.69, 9.17) is 0 Å². The van der Waals surface area contributed by atoms with Gasteiger partial charge in [-0.25, -0.2) is 4.98 Å². The van der Waals surface area contributed by atoms with Crippen LogP contribution in [-0.2, 0) is 6.54 Å². The van der Waals surface area contributed by atoms with Crippen LogP contribution < -0.4 is 5.32 Å². The van der Waals surface area contributed by atoms with Crippen LogP contribution in [0.2, 0.25) is 0 Å². The van der Waals surface area contributed by atoms with Crippen molar-refractivity contribution in [3.8, 4) is 0 Å². The number of rotatable bonds is 5. The molecule has 1 aromatic rings. The van der Waals surface area contributed by atoms with Crippen LogP contribution in [-0.4, -0.2) is 85.0 Å². The zero-order chi connectivity index (χ0) is 19.3. The number of nitrogens with zero attached hydrogens (tertiary/aromatic N) is 5. The van der Waals surface area contributed by atoms with E-state index < -0.39 is 0 Å². The Morgan fingerprint density at radius 3 is 2.56 bits per heavy atom. The summed E-state index contributed by atoms with van der Waals surface area (Å²) in [5.41, 5.74) is 1.38. The fourth-order valence-electron chi connectivity index (χ4n) is 4.43. The lowest BCUT2D eigenvalue weighted by Gasteiger charge is -2.50. The maximum atomic E-state index is 4.59. The third-order valence-electron chi connectivity index (χ3n) is 6.16. The Kier molecular flexibility index (Phi) is 7.11. The molecule has 3 rings (SSSR count). The van der Waals surface area contributed by atoms with Gasteiger partial charge in [-0.1, -0.05) is 6.42 Å². The molecule has 0 amide bonds. The molecule has 0 unspecified atom stereocenters. The average Bonchev–Trinajstić information content (AvgIpc) is 3.09. The molecule has 152 valence electrons. The summed E-state index contributed by atoms with van der Waals surface area (Å²) >= 11 is 1.71. The minimum atomic E-state index is 0.265. The maximum Gasteiger partial charge on any atom is 0.193 e. The Labute approximate surface area is 168 Å². The molecule has 0 radical (unpaired) electrons. The fourth-order valence-corrected chi connectivity index (χ4v) is 5.04. The van der Waals surface area contributed by atoms with Gasteiger partial charge in [-0.15, -0.1) is 11.3 Å². The predicted molar refractivity (Wildman–Crippen MR) is 115 cm³/mol. The summed E-state index contributed by atoms with van der Waals surface area (Å²) in [6.45, 7) is 8.70. The number of aliphatic imine (C=N–C) groups is 1. The van der Waals surface area contributed by atoms with Crippen molar-refractivity contribution in [3.05, 3.63) is 16.1 Å². The van der Waals surface area contributed by atoms with E-state index in [-0.39, 0.29) is 5.54 Å². The van der Waals surface area contributed by atoms with E-state index in [1.54, 1.807) is 11.3 Å². The summed E-state index contributed by atoms with van der Waals surface area (Å²) in [6, 6.07) is 0. The average molecular weight is 393 g/mol. The van der Waals surface area contributed by atoms with E-state index in [0.717, 1.165) is 29.8 Å². The van der Waals surface area contributed by atoms with Gasteiger partial charge in [0.05, 0.1) is 17.2 Å². The molecular formula is C20H36N6S. The number of likely N-dealkylation sites (tertiary alicyclic amines) is 2. The monoisotopic (exact) mass is 392 g/mol. The van der Waals surface area contributed by atoms with Crippen LogP contribution >= 0.6 is 11.3 Å². The number of hydrogen-bond acceptors (Lipinski definition) is 5. The lowest BCUT2D eigenvalue weighted by molar-refractivity contribution is 0.0170. The highest BCUT2D eigenvalue weighted by Gasteiger charge is 2.39. The van der Waals surface area contributed by atoms with Gasteiger partial charge in [0, 0.05) is 31.6 Å². The van der Waals surface area contributed by atoms with Crippen molar-refractivity contribution in [3.63, 3.8) is 0 Å². The first-order valence-electron chi connectivity index (χ1n) is 10.3. The molecule has 3 heterocycles. The highest BCUT2D eigenvalue weighted by atomic mass is 32.1. The SMILES string of the molecule is CN=C(NCC1(N2CCCCC2)CCN(C)CC1)N(C)Cc1csc(C)n1. The Morgan fingerprint density at radius 1 is 1.26 bits per heavy atom. The highest BCUT2D eigenvalue weighted by Crippen LogP contribution is 2.31. The molecule has 7 heteroatoms. The molecule has 2 aliphatic heterocycles. The van der Waals surface area contributed by atoms with Crippen LogP contribution in [0.3, 0.4) is 0 Å². The summed E-state index contributed by atoms with van der Waals surface area (Å²) < 4.78 is 0. The molecule has 0 spiro atoms. The van der Waals surface area contributed by atoms with E-state index in [1.807, 2.05) is 7.05 Å². The number of thiazole rings is 1. The van der Waals surface area contributed by atoms with E-state index in [2.05, 4.69) is 56.4 Å². The number of hydrogen-bond donors (Lipinski definition) is 1. The molecular weight excluding hydrogens is 356 g/mol. The third-order valence-corrected chi connectivity index (χ3v) is 6.98. The standard InChI is InChI=1S/C20H36N6S/c1-17-23-18(15-27-17)14-25(4)19(21-2)22-16-20(8-12-24(3)13-9-20)26-10-6-5-7-11-26/h15H,5-14,16H2,1-4H3,(H,21,22). The van der Waals surface area contributed by atoms with Gasteiger partial charge in [-0.05, 0) is 65.8 Å². The van der Waals surface area contributed by atoms with Gasteiger partial charge in [0.25, 0.3) is 0 Å². The molecule has 0 atom stereocenters. The van der Waals surface area contributed by atoms with Gasteiger partial charge in [0.2, 0.25) is 0 Å². The van der Waals surface area contributed by atoms with Crippen LogP contribution in [0.4, 0.5) is 0 Å². The van der Waals surface area contributed by atoms with Crippen molar-refractivity contribution in [1.29, 1.82) is 0 Å². The molecule has 2 aliphatic rings. The minimum Gasteiger partial charge on any atom is -0.354 e. The van der Waals surface area contributed by atoms with Gasteiger partial charge < -0.3 is 15.1 Å². The molecule has 6 nitrogen and oxygen atoms in total. The molecule has 1 N–H and O–H groups in total. The van der Waals surface area contributed by atoms with Crippen molar-refractivity contribution in [2.75, 3.05) is 53.9 Å². The van der Waals surface area contributed by atoms with Crippen LogP contribution in [0, 0.1) is 6.92 Å². The number of guanidine groups is 1. The Morgan fingerprint density at radius 2 is 1.96 bits per heavy atom. The zero-order valence-corrected chi connectivity index (χ0v) is 18.3. The predicted octanol–water partition coefficient (Wildman–Crippen LogP) is 2.41. The van der Waals surface area contributed by atoms with E-state index in [0.29, 0.717) is 0 Å². The second kappa shape index (κ2) is 9.34. The highest BCUT2D eigenvalue weighted by molar-refractivity contribution is 7.09. The lowest BCUT2D eigenvalue weighted by Crippen LogP contribution is -2.62. The van der Waals surface area contributed by atoms with Gasteiger partial charge in [0.1, 0.15) is 0 Å².